The van der Waals surface area contributed by atoms with Gasteiger partial charge in [-0.1, -0.05) is 24.3 Å². The third-order valence-corrected chi connectivity index (χ3v) is 6.04. The maximum absolute atomic E-state index is 13.4. The number of carbonyl (C=O) groups excluding carboxylic acids is 2. The summed E-state index contributed by atoms with van der Waals surface area (Å²) in [6, 6.07) is 4.78. The molecule has 0 saturated heterocycles. The van der Waals surface area contributed by atoms with E-state index >= 15 is 0 Å². The Labute approximate surface area is 177 Å². The van der Waals surface area contributed by atoms with E-state index in [1.165, 1.54) is 24.3 Å². The lowest BCUT2D eigenvalue weighted by Gasteiger charge is -2.26. The molecule has 3 rings (SSSR count). The van der Waals surface area contributed by atoms with Gasteiger partial charge >= 0.3 is 0 Å². The standard InChI is InChI=1S/C21H23FN4O3S/c1-11-10-15(29-3)8-9-16(11)17(27)18-19(23)25-21(30-18)26(12(2)20(24)28)14-6-4-13(22)5-7-14/h4-9,11-12H,10,23H2,1-3H3,(H2,24,28)/t11?,12-/m1/s1. The number of thiazole rings is 1. The SMILES string of the molecule is COC1=CC=C(C(=O)c2sc(N(c3ccc(F)cc3)[C@H](C)C(N)=O)nc2N)C(C)C1. The number of nitrogens with two attached hydrogens (primary N) is 2. The van der Waals surface area contributed by atoms with Crippen molar-refractivity contribution in [1.29, 1.82) is 0 Å². The number of allylic oxidation sites excluding steroid dienone is 4. The second-order valence-corrected chi connectivity index (χ2v) is 8.01. The Hall–Kier alpha value is -3.20. The van der Waals surface area contributed by atoms with Crippen molar-refractivity contribution >= 4 is 39.7 Å². The number of anilines is 3. The Kier molecular flexibility index (Phi) is 6.21. The first-order valence-corrected chi connectivity index (χ1v) is 10.1. The van der Waals surface area contributed by atoms with Gasteiger partial charge in [0.25, 0.3) is 0 Å². The van der Waals surface area contributed by atoms with Crippen LogP contribution in [0.2, 0.25) is 0 Å². The van der Waals surface area contributed by atoms with Crippen molar-refractivity contribution in [3.63, 3.8) is 0 Å². The molecule has 4 N–H and O–H groups in total. The molecule has 1 heterocycles. The molecule has 1 aromatic carbocycles. The van der Waals surface area contributed by atoms with Crippen LogP contribution in [0.1, 0.15) is 29.9 Å². The predicted octanol–water partition coefficient (Wildman–Crippen LogP) is 3.56. The fourth-order valence-corrected chi connectivity index (χ4v) is 4.27. The lowest BCUT2D eigenvalue weighted by Crippen LogP contribution is -2.39. The van der Waals surface area contributed by atoms with Gasteiger partial charge < -0.3 is 21.1 Å². The zero-order chi connectivity index (χ0) is 22.0. The zero-order valence-electron chi connectivity index (χ0n) is 16.9. The number of rotatable bonds is 7. The molecule has 0 spiro atoms. The fourth-order valence-electron chi connectivity index (χ4n) is 3.22. The number of Topliss-reactive ketones (excluding diaryl/α,β-unsaturated/α-hetero) is 1. The first-order chi connectivity index (χ1) is 14.2. The second kappa shape index (κ2) is 8.66. The number of nitrogens with zero attached hydrogens (tertiary/aromatic N) is 2. The normalized spacial score (nSPS) is 17.0. The maximum atomic E-state index is 13.4. The Morgan fingerprint density at radius 1 is 1.30 bits per heavy atom. The van der Waals surface area contributed by atoms with E-state index < -0.39 is 17.8 Å². The first-order valence-electron chi connectivity index (χ1n) is 9.32. The summed E-state index contributed by atoms with van der Waals surface area (Å²) in [7, 11) is 1.59. The molecule has 1 amide bonds. The number of ketones is 1. The van der Waals surface area contributed by atoms with Crippen LogP contribution in [0.15, 0.2) is 47.7 Å². The van der Waals surface area contributed by atoms with Crippen molar-refractivity contribution in [3.8, 4) is 0 Å². The lowest BCUT2D eigenvalue weighted by molar-refractivity contribution is -0.118. The van der Waals surface area contributed by atoms with Gasteiger partial charge in [0, 0.05) is 17.7 Å². The molecule has 1 aromatic heterocycles. The number of benzene rings is 1. The van der Waals surface area contributed by atoms with Gasteiger partial charge in [0.15, 0.2) is 5.13 Å². The molecule has 1 aliphatic rings. The van der Waals surface area contributed by atoms with Gasteiger partial charge in [0.2, 0.25) is 11.7 Å². The average molecular weight is 431 g/mol. The molecule has 0 radical (unpaired) electrons. The van der Waals surface area contributed by atoms with Crippen molar-refractivity contribution in [2.24, 2.45) is 11.7 Å². The van der Waals surface area contributed by atoms with Crippen LogP contribution < -0.4 is 16.4 Å². The summed E-state index contributed by atoms with van der Waals surface area (Å²) in [4.78, 5) is 31.2. The molecular weight excluding hydrogens is 407 g/mol. The van der Waals surface area contributed by atoms with Gasteiger partial charge in [0.05, 0.1) is 12.9 Å². The topological polar surface area (TPSA) is 112 Å². The van der Waals surface area contributed by atoms with Crippen LogP contribution >= 0.6 is 11.3 Å². The Morgan fingerprint density at radius 2 is 1.97 bits per heavy atom. The molecular formula is C21H23FN4O3S. The van der Waals surface area contributed by atoms with Crippen LogP contribution in [-0.2, 0) is 9.53 Å². The van der Waals surface area contributed by atoms with Crippen molar-refractivity contribution in [3.05, 3.63) is 58.4 Å². The van der Waals surface area contributed by atoms with Gasteiger partial charge in [0.1, 0.15) is 22.6 Å². The number of halogens is 1. The molecule has 0 fully saturated rings. The van der Waals surface area contributed by atoms with Crippen molar-refractivity contribution in [2.45, 2.75) is 26.3 Å². The summed E-state index contributed by atoms with van der Waals surface area (Å²) in [5, 5.41) is 0.325. The molecule has 7 nitrogen and oxygen atoms in total. The minimum absolute atomic E-state index is 0.0415. The summed E-state index contributed by atoms with van der Waals surface area (Å²) >= 11 is 1.07. The van der Waals surface area contributed by atoms with Crippen molar-refractivity contribution < 1.29 is 18.7 Å². The highest BCUT2D eigenvalue weighted by atomic mass is 32.1. The molecule has 2 atom stereocenters. The largest absolute Gasteiger partial charge is 0.501 e. The van der Waals surface area contributed by atoms with Gasteiger partial charge in [-0.05, 0) is 43.2 Å². The number of aromatic nitrogens is 1. The van der Waals surface area contributed by atoms with Gasteiger partial charge in [-0.15, -0.1) is 0 Å². The monoisotopic (exact) mass is 430 g/mol. The quantitative estimate of drug-likeness (QED) is 0.650. The van der Waals surface area contributed by atoms with Crippen LogP contribution in [-0.4, -0.2) is 29.8 Å². The smallest absolute Gasteiger partial charge is 0.240 e. The molecule has 9 heteroatoms. The molecule has 1 unspecified atom stereocenters. The minimum atomic E-state index is -0.788. The van der Waals surface area contributed by atoms with E-state index in [2.05, 4.69) is 4.98 Å². The minimum Gasteiger partial charge on any atom is -0.501 e. The summed E-state index contributed by atoms with van der Waals surface area (Å²) in [5.74, 6) is -0.405. The third kappa shape index (κ3) is 4.20. The number of hydrogen-bond donors (Lipinski definition) is 2. The Balaban J connectivity index is 2.01. The van der Waals surface area contributed by atoms with Crippen LogP contribution in [0.5, 0.6) is 0 Å². The third-order valence-electron chi connectivity index (χ3n) is 4.97. The van der Waals surface area contributed by atoms with E-state index in [9.17, 15) is 14.0 Å². The Bertz CT molecular complexity index is 1030. The molecule has 0 saturated carbocycles. The number of hydrogen-bond acceptors (Lipinski definition) is 7. The molecule has 30 heavy (non-hydrogen) atoms. The molecule has 1 aliphatic carbocycles. The summed E-state index contributed by atoms with van der Waals surface area (Å²) in [5.41, 5.74) is 12.7. The highest BCUT2D eigenvalue weighted by Gasteiger charge is 2.30. The summed E-state index contributed by atoms with van der Waals surface area (Å²) in [6.07, 6.45) is 4.11. The van der Waals surface area contributed by atoms with E-state index in [4.69, 9.17) is 16.2 Å². The first kappa shape index (κ1) is 21.5. The summed E-state index contributed by atoms with van der Waals surface area (Å²) < 4.78 is 18.6. The lowest BCUT2D eigenvalue weighted by atomic mass is 9.89. The summed E-state index contributed by atoms with van der Waals surface area (Å²) in [6.45, 7) is 3.54. The molecule has 0 aliphatic heterocycles. The van der Waals surface area contributed by atoms with E-state index in [1.807, 2.05) is 6.92 Å². The van der Waals surface area contributed by atoms with E-state index in [-0.39, 0.29) is 22.4 Å². The van der Waals surface area contributed by atoms with Gasteiger partial charge in [-0.25, -0.2) is 9.37 Å². The van der Waals surface area contributed by atoms with E-state index in [0.717, 1.165) is 17.1 Å². The highest BCUT2D eigenvalue weighted by Crippen LogP contribution is 2.37. The van der Waals surface area contributed by atoms with Crippen molar-refractivity contribution in [2.75, 3.05) is 17.7 Å². The van der Waals surface area contributed by atoms with E-state index in [0.29, 0.717) is 22.8 Å². The number of ether oxygens (including phenoxy) is 1. The number of carbonyl (C=O) groups is 2. The van der Waals surface area contributed by atoms with Gasteiger partial charge in [-0.3, -0.25) is 9.59 Å². The van der Waals surface area contributed by atoms with E-state index in [1.54, 1.807) is 31.1 Å². The van der Waals surface area contributed by atoms with Crippen LogP contribution in [0.25, 0.3) is 0 Å². The maximum Gasteiger partial charge on any atom is 0.240 e. The molecule has 2 aromatic rings. The zero-order valence-corrected chi connectivity index (χ0v) is 17.7. The van der Waals surface area contributed by atoms with Gasteiger partial charge in [-0.2, -0.15) is 0 Å². The molecule has 158 valence electrons. The van der Waals surface area contributed by atoms with Crippen LogP contribution in [0.3, 0.4) is 0 Å². The number of primary amides is 1. The highest BCUT2D eigenvalue weighted by molar-refractivity contribution is 7.18. The molecule has 0 bridgehead atoms. The van der Waals surface area contributed by atoms with Crippen molar-refractivity contribution in [1.82, 2.24) is 4.98 Å². The van der Waals surface area contributed by atoms with Crippen LogP contribution in [0.4, 0.5) is 21.0 Å². The fraction of sp³-hybridized carbons (Fsp3) is 0.286. The number of amides is 1. The Morgan fingerprint density at radius 3 is 2.53 bits per heavy atom. The van der Waals surface area contributed by atoms with Crippen LogP contribution in [0, 0.1) is 11.7 Å². The second-order valence-electron chi connectivity index (χ2n) is 7.03. The average Bonchev–Trinajstić information content (AvgIpc) is 3.09. The number of methoxy groups -OCH3 is 1. The number of nitrogen functional groups attached to an aromatic ring is 1. The predicted molar refractivity (Wildman–Crippen MR) is 115 cm³/mol.